The minimum absolute atomic E-state index is 0.00237. The molecule has 6 rings (SSSR count). The van der Waals surface area contributed by atoms with Gasteiger partial charge in [-0.05, 0) is 104 Å². The standard InChI is InChI=1S/C52H78N10O12/c1-13-60(11)38-23-31(4)70-48(42(38)65)73-45-33(6)43(72-39(63)24-36-17-16-21-54-26-36)34(7)47(66)71-35(8)52(10)44(32(5)41(64)29(2)25-51(45,9)69-12)62(50(68)74-52)59-49(67)58-30(3)18-19-37-40-46(56-27-55-37)61(28-57-40)22-15-14-20-53/h13,16-17,21,26-35,38,42-45,48,65H,1,14-15,18-20,22-25,53H2,2-12H3,(H2,58,59,67)/t29-,30?,31-,32+,33+,34-,35-,38+,42-,43+,44+,45-,48?,51-,52-/m1/s1. The van der Waals surface area contributed by atoms with Crippen LogP contribution in [0.4, 0.5) is 9.59 Å². The number of carbonyl (C=O) groups is 5. The number of ether oxygens (including phenoxy) is 6. The van der Waals surface area contributed by atoms with Crippen molar-refractivity contribution in [2.45, 2.75) is 180 Å². The van der Waals surface area contributed by atoms with Gasteiger partial charge in [0.2, 0.25) is 0 Å². The number of Topliss-reactive ketones (excluding diaryl/α,β-unsaturated/α-hetero) is 1. The van der Waals surface area contributed by atoms with Crippen molar-refractivity contribution >= 4 is 41.0 Å². The lowest BCUT2D eigenvalue weighted by Gasteiger charge is -2.48. The number of aromatic nitrogens is 5. The third kappa shape index (κ3) is 12.8. The Kier molecular flexibility index (Phi) is 19.2. The van der Waals surface area contributed by atoms with E-state index in [2.05, 4.69) is 37.3 Å². The molecule has 3 fully saturated rings. The molecule has 74 heavy (non-hydrogen) atoms. The number of nitrogens with one attached hydrogen (secondary N) is 2. The van der Waals surface area contributed by atoms with E-state index < -0.39 is 108 Å². The number of hydrogen-bond acceptors (Lipinski definition) is 18. The predicted molar refractivity (Wildman–Crippen MR) is 270 cm³/mol. The van der Waals surface area contributed by atoms with Crippen LogP contribution in [0.25, 0.3) is 11.2 Å². The molecule has 0 saturated carbocycles. The second-order valence-electron chi connectivity index (χ2n) is 20.9. The highest BCUT2D eigenvalue weighted by Crippen LogP contribution is 2.43. The molecule has 3 aliphatic rings. The fourth-order valence-corrected chi connectivity index (χ4v) is 10.8. The SMILES string of the molecule is C=CN(C)[C@H]1C[C@@H](C)OC(O[C@@H]2[C@@H](C)[C@H](OC(=O)Cc3cccnc3)[C@@H](C)C(=O)O[C@H](C)[C@@]3(C)OC(=O)N(NC(=O)NC(C)CCc4ncnc5c4ncn5CCCCN)[C@H]3[C@@H](C)C(=O)[C@H](C)C[C@@]2(C)OC)[C@@H]1O. The second-order valence-corrected chi connectivity index (χ2v) is 20.9. The summed E-state index contributed by atoms with van der Waals surface area (Å²) in [4.78, 5) is 91.0. The van der Waals surface area contributed by atoms with E-state index in [1.54, 1.807) is 84.3 Å². The molecular weight excluding hydrogens is 957 g/mol. The Bertz CT molecular complexity index is 2430. The molecule has 5 N–H and O–H groups in total. The number of nitrogens with two attached hydrogens (primary N) is 1. The van der Waals surface area contributed by atoms with Crippen LogP contribution in [0.5, 0.6) is 0 Å². The highest BCUT2D eigenvalue weighted by molar-refractivity contribution is 5.86. The number of methoxy groups -OCH3 is 1. The van der Waals surface area contributed by atoms with E-state index in [4.69, 9.17) is 34.2 Å². The molecule has 15 atom stereocenters. The minimum atomic E-state index is -1.72. The van der Waals surface area contributed by atoms with Gasteiger partial charge in [-0.15, -0.1) is 0 Å². The van der Waals surface area contributed by atoms with Crippen LogP contribution >= 0.6 is 0 Å². The van der Waals surface area contributed by atoms with Gasteiger partial charge in [-0.2, -0.15) is 0 Å². The first-order chi connectivity index (χ1) is 35.1. The topological polar surface area (TPSA) is 274 Å². The van der Waals surface area contributed by atoms with Gasteiger partial charge in [0.1, 0.15) is 42.0 Å². The number of cyclic esters (lactones) is 1. The smallest absolute Gasteiger partial charge is 0.429 e. The average Bonchev–Trinajstić information content (AvgIpc) is 3.90. The van der Waals surface area contributed by atoms with E-state index in [-0.39, 0.29) is 24.7 Å². The number of carbonyl (C=O) groups excluding carboxylic acids is 5. The quantitative estimate of drug-likeness (QED) is 0.0828. The maximum absolute atomic E-state index is 15.0. The lowest BCUT2D eigenvalue weighted by atomic mass is 9.73. The fraction of sp³-hybridized carbons (Fsp3) is 0.673. The van der Waals surface area contributed by atoms with Gasteiger partial charge < -0.3 is 54.0 Å². The molecule has 0 spiro atoms. The summed E-state index contributed by atoms with van der Waals surface area (Å²) in [5.41, 5.74) is 7.87. The molecule has 0 bridgehead atoms. The number of likely N-dealkylation sites (N-methyl/N-ethyl adjacent to an activating group) is 1. The van der Waals surface area contributed by atoms with Crippen molar-refractivity contribution in [2.75, 3.05) is 20.7 Å². The average molecular weight is 1040 g/mol. The molecule has 3 aromatic rings. The number of urea groups is 1. The number of fused-ring (bicyclic) bond motifs is 2. The zero-order chi connectivity index (χ0) is 54.2. The number of ketones is 1. The van der Waals surface area contributed by atoms with Gasteiger partial charge in [0.15, 0.2) is 17.5 Å². The summed E-state index contributed by atoms with van der Waals surface area (Å²) in [5.74, 6) is -5.80. The highest BCUT2D eigenvalue weighted by Gasteiger charge is 2.61. The molecule has 0 aromatic carbocycles. The number of amides is 3. The summed E-state index contributed by atoms with van der Waals surface area (Å²) in [7, 11) is 3.25. The van der Waals surface area contributed by atoms with Gasteiger partial charge in [-0.25, -0.2) is 35.0 Å². The molecule has 3 amide bonds. The monoisotopic (exact) mass is 1030 g/mol. The minimum Gasteiger partial charge on any atom is -0.461 e. The summed E-state index contributed by atoms with van der Waals surface area (Å²) in [6.07, 6.45) is 3.46. The normalized spacial score (nSPS) is 32.4. The van der Waals surface area contributed by atoms with Gasteiger partial charge in [0.25, 0.3) is 0 Å². The fourth-order valence-electron chi connectivity index (χ4n) is 10.8. The number of hydrazine groups is 1. The number of aryl methyl sites for hydroxylation is 2. The zero-order valence-corrected chi connectivity index (χ0v) is 44.8. The van der Waals surface area contributed by atoms with Gasteiger partial charge in [0.05, 0.1) is 48.2 Å². The van der Waals surface area contributed by atoms with E-state index in [1.807, 2.05) is 18.4 Å². The first kappa shape index (κ1) is 57.5. The van der Waals surface area contributed by atoms with Gasteiger partial charge in [-0.1, -0.05) is 33.4 Å². The first-order valence-electron chi connectivity index (χ1n) is 25.7. The van der Waals surface area contributed by atoms with Crippen molar-refractivity contribution in [3.8, 4) is 0 Å². The molecule has 2 unspecified atom stereocenters. The molecule has 6 heterocycles. The number of aliphatic hydroxyl groups is 1. The molecule has 0 aliphatic carbocycles. The molecule has 3 aliphatic heterocycles. The third-order valence-electron chi connectivity index (χ3n) is 15.3. The number of nitrogens with zero attached hydrogens (tertiary/aromatic N) is 7. The number of rotatable bonds is 17. The van der Waals surface area contributed by atoms with Crippen molar-refractivity contribution in [3.63, 3.8) is 0 Å². The van der Waals surface area contributed by atoms with E-state index in [9.17, 15) is 24.3 Å². The van der Waals surface area contributed by atoms with E-state index in [0.717, 1.165) is 17.9 Å². The van der Waals surface area contributed by atoms with E-state index >= 15 is 4.79 Å². The Morgan fingerprint density at radius 3 is 2.51 bits per heavy atom. The lowest BCUT2D eigenvalue weighted by Crippen LogP contribution is -2.62. The van der Waals surface area contributed by atoms with Gasteiger partial charge in [0, 0.05) is 56.9 Å². The molecular formula is C52H78N10O12. The van der Waals surface area contributed by atoms with Crippen molar-refractivity contribution in [1.82, 2.24) is 45.2 Å². The Morgan fingerprint density at radius 1 is 1.09 bits per heavy atom. The Morgan fingerprint density at radius 2 is 1.84 bits per heavy atom. The van der Waals surface area contributed by atoms with Gasteiger partial charge >= 0.3 is 24.1 Å². The Balaban J connectivity index is 1.30. The summed E-state index contributed by atoms with van der Waals surface area (Å²) < 4.78 is 40.0. The Labute approximate surface area is 433 Å². The molecule has 3 aromatic heterocycles. The number of pyridine rings is 1. The maximum Gasteiger partial charge on any atom is 0.429 e. The van der Waals surface area contributed by atoms with Crippen LogP contribution in [0.15, 0.2) is 50.0 Å². The summed E-state index contributed by atoms with van der Waals surface area (Å²) in [5, 5.41) is 15.7. The van der Waals surface area contributed by atoms with Crippen molar-refractivity contribution in [1.29, 1.82) is 0 Å². The first-order valence-corrected chi connectivity index (χ1v) is 25.7. The van der Waals surface area contributed by atoms with Crippen LogP contribution < -0.4 is 16.5 Å². The second kappa shape index (κ2) is 24.7. The molecule has 22 heteroatoms. The largest absolute Gasteiger partial charge is 0.461 e. The van der Waals surface area contributed by atoms with Crippen molar-refractivity contribution < 1.29 is 57.5 Å². The number of unbranched alkanes of at least 4 members (excludes halogenated alkanes) is 1. The third-order valence-corrected chi connectivity index (χ3v) is 15.3. The van der Waals surface area contributed by atoms with E-state index in [0.29, 0.717) is 54.8 Å². The zero-order valence-electron chi connectivity index (χ0n) is 44.8. The number of aliphatic hydroxyl groups excluding tert-OH is 1. The number of imidazole rings is 1. The summed E-state index contributed by atoms with van der Waals surface area (Å²) >= 11 is 0. The maximum atomic E-state index is 15.0. The van der Waals surface area contributed by atoms with Crippen LogP contribution in [0.2, 0.25) is 0 Å². The van der Waals surface area contributed by atoms with Crippen LogP contribution in [-0.2, 0) is 62.2 Å². The Hall–Kier alpha value is -5.81. The lowest BCUT2D eigenvalue weighted by molar-refractivity contribution is -0.301. The summed E-state index contributed by atoms with van der Waals surface area (Å²) in [6, 6.07) is 0.553. The van der Waals surface area contributed by atoms with Crippen LogP contribution in [-0.4, -0.2) is 156 Å². The van der Waals surface area contributed by atoms with Crippen LogP contribution in [0, 0.1) is 23.7 Å². The molecule has 0 radical (unpaired) electrons. The van der Waals surface area contributed by atoms with Crippen molar-refractivity contribution in [3.05, 3.63) is 61.2 Å². The molecule has 3 saturated heterocycles. The molecule has 408 valence electrons. The highest BCUT2D eigenvalue weighted by atomic mass is 16.7. The van der Waals surface area contributed by atoms with Crippen LogP contribution in [0.3, 0.4) is 0 Å². The summed E-state index contributed by atoms with van der Waals surface area (Å²) in [6.45, 7) is 20.3. The van der Waals surface area contributed by atoms with Gasteiger partial charge in [-0.3, -0.25) is 19.4 Å². The predicted octanol–water partition coefficient (Wildman–Crippen LogP) is 4.41. The van der Waals surface area contributed by atoms with Crippen LogP contribution in [0.1, 0.15) is 106 Å². The van der Waals surface area contributed by atoms with Crippen molar-refractivity contribution in [2.24, 2.45) is 29.4 Å². The molecule has 22 nitrogen and oxygen atoms in total. The number of hydrogen-bond donors (Lipinski definition) is 4. The van der Waals surface area contributed by atoms with E-state index in [1.165, 1.54) is 26.6 Å². The number of esters is 2.